The predicted octanol–water partition coefficient (Wildman–Crippen LogP) is 6.94. The predicted molar refractivity (Wildman–Crippen MR) is 107 cm³/mol. The normalized spacial score (nSPS) is 13.5. The summed E-state index contributed by atoms with van der Waals surface area (Å²) in [6.07, 6.45) is 9.79. The third-order valence-electron chi connectivity index (χ3n) is 5.03. The van der Waals surface area contributed by atoms with E-state index in [-0.39, 0.29) is 0 Å². The first-order valence-corrected chi connectivity index (χ1v) is 10.3. The zero-order valence-corrected chi connectivity index (χ0v) is 16.9. The average Bonchev–Trinajstić information content (AvgIpc) is 2.63. The van der Waals surface area contributed by atoms with Crippen LogP contribution in [0.3, 0.4) is 0 Å². The van der Waals surface area contributed by atoms with Gasteiger partial charge < -0.3 is 9.47 Å². The SMILES string of the molecule is [CH]c1cc(OCC(CC)CCCC)ccc1OCC(CC)CCCC. The van der Waals surface area contributed by atoms with Gasteiger partial charge in [0.2, 0.25) is 0 Å². The first-order valence-electron chi connectivity index (χ1n) is 10.3. The number of hydrogen-bond donors (Lipinski definition) is 0. The molecule has 0 saturated heterocycles. The van der Waals surface area contributed by atoms with E-state index in [0.29, 0.717) is 17.4 Å². The lowest BCUT2D eigenvalue weighted by molar-refractivity contribution is 0.227. The van der Waals surface area contributed by atoms with E-state index in [1.807, 2.05) is 18.2 Å². The smallest absolute Gasteiger partial charge is 0.123 e. The molecule has 0 fully saturated rings. The van der Waals surface area contributed by atoms with Crippen molar-refractivity contribution in [3.05, 3.63) is 30.7 Å². The molecule has 2 radical (unpaired) electrons. The topological polar surface area (TPSA) is 18.5 Å². The molecule has 2 nitrogen and oxygen atoms in total. The second-order valence-electron chi connectivity index (χ2n) is 7.15. The van der Waals surface area contributed by atoms with E-state index in [0.717, 1.165) is 37.6 Å². The Bertz CT molecular complexity index is 455. The molecular weight excluding hydrogens is 308 g/mol. The highest BCUT2D eigenvalue weighted by Gasteiger charge is 2.10. The van der Waals surface area contributed by atoms with Crippen molar-refractivity contribution < 1.29 is 9.47 Å². The van der Waals surface area contributed by atoms with Crippen LogP contribution in [0.2, 0.25) is 0 Å². The van der Waals surface area contributed by atoms with Crippen molar-refractivity contribution in [1.82, 2.24) is 0 Å². The summed E-state index contributed by atoms with van der Waals surface area (Å²) in [6.45, 7) is 16.6. The highest BCUT2D eigenvalue weighted by atomic mass is 16.5. The van der Waals surface area contributed by atoms with Gasteiger partial charge >= 0.3 is 0 Å². The van der Waals surface area contributed by atoms with Gasteiger partial charge in [-0.1, -0.05) is 66.2 Å². The van der Waals surface area contributed by atoms with E-state index in [1.165, 1.54) is 38.5 Å². The lowest BCUT2D eigenvalue weighted by Gasteiger charge is -2.18. The summed E-state index contributed by atoms with van der Waals surface area (Å²) in [5.41, 5.74) is 0.671. The van der Waals surface area contributed by atoms with Crippen molar-refractivity contribution in [1.29, 1.82) is 0 Å². The molecule has 0 aromatic heterocycles. The van der Waals surface area contributed by atoms with Gasteiger partial charge in [-0.25, -0.2) is 0 Å². The van der Waals surface area contributed by atoms with Gasteiger partial charge in [0.1, 0.15) is 11.5 Å². The largest absolute Gasteiger partial charge is 0.493 e. The molecule has 0 spiro atoms. The second-order valence-corrected chi connectivity index (χ2v) is 7.15. The maximum Gasteiger partial charge on any atom is 0.123 e. The number of benzene rings is 1. The van der Waals surface area contributed by atoms with Crippen molar-refractivity contribution in [2.45, 2.75) is 79.1 Å². The Morgan fingerprint density at radius 3 is 1.88 bits per heavy atom. The molecule has 0 amide bonds. The second kappa shape index (κ2) is 13.1. The van der Waals surface area contributed by atoms with E-state index in [9.17, 15) is 0 Å². The Kier molecular flexibility index (Phi) is 11.4. The van der Waals surface area contributed by atoms with Crippen molar-refractivity contribution in [3.63, 3.8) is 0 Å². The molecule has 2 unspecified atom stereocenters. The molecule has 2 atom stereocenters. The third-order valence-corrected chi connectivity index (χ3v) is 5.03. The van der Waals surface area contributed by atoms with Gasteiger partial charge in [-0.3, -0.25) is 0 Å². The Morgan fingerprint density at radius 1 is 0.840 bits per heavy atom. The van der Waals surface area contributed by atoms with Crippen molar-refractivity contribution >= 4 is 0 Å². The molecule has 0 aliphatic carbocycles. The van der Waals surface area contributed by atoms with Crippen molar-refractivity contribution in [2.24, 2.45) is 11.8 Å². The average molecular weight is 347 g/mol. The molecule has 0 aliphatic heterocycles. The zero-order valence-electron chi connectivity index (χ0n) is 16.9. The maximum atomic E-state index is 6.16. The lowest BCUT2D eigenvalue weighted by atomic mass is 10.0. The molecule has 1 aromatic carbocycles. The highest BCUT2D eigenvalue weighted by molar-refractivity contribution is 5.42. The molecule has 0 aliphatic rings. The molecule has 1 aromatic rings. The quantitative estimate of drug-likeness (QED) is 0.363. The highest BCUT2D eigenvalue weighted by Crippen LogP contribution is 2.26. The van der Waals surface area contributed by atoms with Crippen LogP contribution in [-0.4, -0.2) is 13.2 Å². The van der Waals surface area contributed by atoms with Gasteiger partial charge in [-0.2, -0.15) is 0 Å². The van der Waals surface area contributed by atoms with Gasteiger partial charge in [0.25, 0.3) is 0 Å². The fourth-order valence-electron chi connectivity index (χ4n) is 2.97. The molecule has 0 saturated carbocycles. The van der Waals surface area contributed by atoms with Crippen LogP contribution in [-0.2, 0) is 0 Å². The Balaban J connectivity index is 2.50. The van der Waals surface area contributed by atoms with Gasteiger partial charge in [-0.05, 0) is 42.9 Å². The first kappa shape index (κ1) is 21.9. The molecule has 142 valence electrons. The maximum absolute atomic E-state index is 6.16. The van der Waals surface area contributed by atoms with E-state index >= 15 is 0 Å². The molecule has 0 heterocycles. The molecule has 2 heteroatoms. The van der Waals surface area contributed by atoms with Crippen molar-refractivity contribution in [2.75, 3.05) is 13.2 Å². The van der Waals surface area contributed by atoms with Gasteiger partial charge in [0.15, 0.2) is 0 Å². The Hall–Kier alpha value is -1.18. The summed E-state index contributed by atoms with van der Waals surface area (Å²) in [6, 6.07) is 5.82. The van der Waals surface area contributed by atoms with Gasteiger partial charge in [0.05, 0.1) is 13.2 Å². The number of unbranched alkanes of at least 4 members (excludes halogenated alkanes) is 2. The zero-order chi connectivity index (χ0) is 18.5. The monoisotopic (exact) mass is 346 g/mol. The summed E-state index contributed by atoms with van der Waals surface area (Å²) in [7, 11) is 0. The Labute approximate surface area is 156 Å². The molecule has 0 N–H and O–H groups in total. The Morgan fingerprint density at radius 2 is 1.40 bits per heavy atom. The summed E-state index contributed by atoms with van der Waals surface area (Å²) >= 11 is 0. The van der Waals surface area contributed by atoms with Crippen LogP contribution in [0.15, 0.2) is 18.2 Å². The van der Waals surface area contributed by atoms with Gasteiger partial charge in [-0.15, -0.1) is 0 Å². The first-order chi connectivity index (χ1) is 12.1. The summed E-state index contributed by atoms with van der Waals surface area (Å²) in [4.78, 5) is 0. The van der Waals surface area contributed by atoms with E-state index in [1.54, 1.807) is 0 Å². The van der Waals surface area contributed by atoms with Crippen LogP contribution in [0.4, 0.5) is 0 Å². The standard InChI is InChI=1S/C23H38O2/c1-6-10-12-20(8-3)17-24-22-14-15-23(19(5)16-22)25-18-21(9-4)13-11-7-2/h5,14-16,20-21H,6-13,17-18H2,1-4H3. The van der Waals surface area contributed by atoms with E-state index in [2.05, 4.69) is 27.7 Å². The third kappa shape index (κ3) is 8.65. The lowest BCUT2D eigenvalue weighted by Crippen LogP contribution is -2.12. The number of ether oxygens (including phenoxy) is 2. The van der Waals surface area contributed by atoms with Crippen LogP contribution in [0, 0.1) is 18.8 Å². The van der Waals surface area contributed by atoms with Crippen molar-refractivity contribution in [3.8, 4) is 11.5 Å². The molecule has 25 heavy (non-hydrogen) atoms. The minimum absolute atomic E-state index is 0.610. The summed E-state index contributed by atoms with van der Waals surface area (Å²) < 4.78 is 11.9. The van der Waals surface area contributed by atoms with Crippen LogP contribution < -0.4 is 9.47 Å². The molecule has 1 rings (SSSR count). The van der Waals surface area contributed by atoms with Crippen LogP contribution in [0.1, 0.15) is 84.6 Å². The summed E-state index contributed by atoms with van der Waals surface area (Å²) in [5, 5.41) is 0. The van der Waals surface area contributed by atoms with Crippen LogP contribution in [0.5, 0.6) is 11.5 Å². The van der Waals surface area contributed by atoms with Gasteiger partial charge in [0, 0.05) is 12.5 Å². The minimum atomic E-state index is 0.610. The molecule has 0 bridgehead atoms. The fraction of sp³-hybridized carbons (Fsp3) is 0.696. The number of hydrogen-bond acceptors (Lipinski definition) is 2. The van der Waals surface area contributed by atoms with E-state index in [4.69, 9.17) is 16.4 Å². The van der Waals surface area contributed by atoms with E-state index < -0.39 is 0 Å². The van der Waals surface area contributed by atoms with Crippen LogP contribution >= 0.6 is 0 Å². The fourth-order valence-corrected chi connectivity index (χ4v) is 2.97. The minimum Gasteiger partial charge on any atom is -0.493 e. The van der Waals surface area contributed by atoms with Crippen LogP contribution in [0.25, 0.3) is 0 Å². The summed E-state index contributed by atoms with van der Waals surface area (Å²) in [5.74, 6) is 2.86. The molecular formula is C23H38O2. The number of rotatable bonds is 14.